The van der Waals surface area contributed by atoms with E-state index in [4.69, 9.17) is 21.7 Å². The average molecular weight is 171 g/mol. The van der Waals surface area contributed by atoms with Crippen molar-refractivity contribution in [3.05, 3.63) is 23.2 Å². The van der Waals surface area contributed by atoms with E-state index in [2.05, 4.69) is 4.65 Å². The molecule has 0 fully saturated rings. The zero-order valence-corrected chi connectivity index (χ0v) is 6.25. The molecular weight excluding hydrogens is 166 g/mol. The number of rotatable bonds is 2. The van der Waals surface area contributed by atoms with Gasteiger partial charge in [-0.05, 0) is 12.1 Å². The lowest BCUT2D eigenvalue weighted by Crippen LogP contribution is -1.99. The summed E-state index contributed by atoms with van der Waals surface area (Å²) in [5.41, 5.74) is 0. The smallest absolute Gasteiger partial charge is 0.535 e. The molecular formula is C6H5BClO3. The minimum Gasteiger partial charge on any atom is -0.535 e. The second-order valence-corrected chi connectivity index (χ2v) is 2.27. The lowest BCUT2D eigenvalue weighted by atomic mass is 10.3. The Morgan fingerprint density at radius 3 is 2.73 bits per heavy atom. The van der Waals surface area contributed by atoms with E-state index in [9.17, 15) is 0 Å². The van der Waals surface area contributed by atoms with Crippen LogP contribution in [0.2, 0.25) is 5.02 Å². The van der Waals surface area contributed by atoms with Gasteiger partial charge >= 0.3 is 7.69 Å². The number of phenolic OH excluding ortho intramolecular Hbond substituents is 1. The molecule has 0 amide bonds. The van der Waals surface area contributed by atoms with Gasteiger partial charge in [0.05, 0.1) is 0 Å². The molecule has 0 aliphatic rings. The average Bonchev–Trinajstić information content (AvgIpc) is 1.95. The highest BCUT2D eigenvalue weighted by Crippen LogP contribution is 2.28. The van der Waals surface area contributed by atoms with Crippen molar-refractivity contribution in [1.29, 1.82) is 0 Å². The van der Waals surface area contributed by atoms with Crippen molar-refractivity contribution in [3.63, 3.8) is 0 Å². The summed E-state index contributed by atoms with van der Waals surface area (Å²) in [5, 5.41) is 17.7. The Hall–Kier alpha value is -0.865. The maximum atomic E-state index is 9.08. The fraction of sp³-hybridized carbons (Fsp3) is 0. The molecule has 1 aromatic carbocycles. The van der Waals surface area contributed by atoms with Crippen molar-refractivity contribution in [2.75, 3.05) is 0 Å². The zero-order chi connectivity index (χ0) is 8.27. The van der Waals surface area contributed by atoms with Gasteiger partial charge in [0.2, 0.25) is 0 Å². The molecule has 1 radical (unpaired) electrons. The van der Waals surface area contributed by atoms with Crippen LogP contribution >= 0.6 is 11.6 Å². The molecule has 1 aromatic rings. The molecule has 2 N–H and O–H groups in total. The van der Waals surface area contributed by atoms with Gasteiger partial charge < -0.3 is 14.8 Å². The Morgan fingerprint density at radius 1 is 1.45 bits per heavy atom. The Kier molecular flexibility index (Phi) is 2.62. The predicted octanol–water partition coefficient (Wildman–Crippen LogP) is 0.951. The third-order valence-electron chi connectivity index (χ3n) is 1.10. The van der Waals surface area contributed by atoms with Gasteiger partial charge in [0.1, 0.15) is 5.75 Å². The van der Waals surface area contributed by atoms with Crippen LogP contribution in [0.3, 0.4) is 0 Å². The van der Waals surface area contributed by atoms with Gasteiger partial charge in [-0.1, -0.05) is 11.6 Å². The largest absolute Gasteiger partial charge is 0.569 e. The first-order valence-corrected chi connectivity index (χ1v) is 3.23. The van der Waals surface area contributed by atoms with Crippen LogP contribution in [0.25, 0.3) is 0 Å². The molecule has 0 unspecified atom stereocenters. The summed E-state index contributed by atoms with van der Waals surface area (Å²) in [4.78, 5) is 0. The fourth-order valence-corrected chi connectivity index (χ4v) is 0.813. The van der Waals surface area contributed by atoms with E-state index >= 15 is 0 Å². The van der Waals surface area contributed by atoms with Gasteiger partial charge in [-0.25, -0.2) is 0 Å². The topological polar surface area (TPSA) is 49.7 Å². The van der Waals surface area contributed by atoms with Crippen LogP contribution in [0.5, 0.6) is 11.5 Å². The minimum atomic E-state index is -0.109. The van der Waals surface area contributed by atoms with E-state index in [0.717, 1.165) is 0 Å². The lowest BCUT2D eigenvalue weighted by Gasteiger charge is -2.03. The molecule has 0 saturated carbocycles. The van der Waals surface area contributed by atoms with Crippen LogP contribution in [-0.4, -0.2) is 17.8 Å². The number of hydrogen-bond donors (Lipinski definition) is 2. The first-order valence-electron chi connectivity index (χ1n) is 2.85. The van der Waals surface area contributed by atoms with E-state index < -0.39 is 0 Å². The Bertz CT molecular complexity index is 254. The van der Waals surface area contributed by atoms with Gasteiger partial charge in [0.15, 0.2) is 5.75 Å². The summed E-state index contributed by atoms with van der Waals surface area (Å²) in [6, 6.07) is 4.31. The molecule has 5 heteroatoms. The maximum absolute atomic E-state index is 9.08. The molecule has 0 heterocycles. The zero-order valence-electron chi connectivity index (χ0n) is 5.49. The van der Waals surface area contributed by atoms with Crippen LogP contribution in [0.15, 0.2) is 18.2 Å². The van der Waals surface area contributed by atoms with Crippen molar-refractivity contribution in [3.8, 4) is 11.5 Å². The Balaban J connectivity index is 2.90. The second-order valence-electron chi connectivity index (χ2n) is 1.84. The van der Waals surface area contributed by atoms with Crippen LogP contribution in [0, 0.1) is 0 Å². The molecule has 3 nitrogen and oxygen atoms in total. The first-order chi connectivity index (χ1) is 5.24. The van der Waals surface area contributed by atoms with E-state index in [0.29, 0.717) is 12.7 Å². The quantitative estimate of drug-likeness (QED) is 0.652. The standard InChI is InChI=1S/C6H5BClO3/c8-4-1-2-6(11-7-10)5(9)3-4/h1-3,9-10H. The van der Waals surface area contributed by atoms with Crippen molar-refractivity contribution in [2.45, 2.75) is 0 Å². The molecule has 57 valence electrons. The molecule has 0 bridgehead atoms. The molecule has 0 saturated heterocycles. The van der Waals surface area contributed by atoms with E-state index in [1.165, 1.54) is 12.1 Å². The summed E-state index contributed by atoms with van der Waals surface area (Å²) < 4.78 is 4.51. The highest BCUT2D eigenvalue weighted by atomic mass is 35.5. The van der Waals surface area contributed by atoms with Crippen molar-refractivity contribution < 1.29 is 14.8 Å². The van der Waals surface area contributed by atoms with E-state index in [-0.39, 0.29) is 11.5 Å². The number of phenols is 1. The van der Waals surface area contributed by atoms with E-state index in [1.54, 1.807) is 6.07 Å². The van der Waals surface area contributed by atoms with Gasteiger partial charge in [-0.3, -0.25) is 0 Å². The first kappa shape index (κ1) is 8.23. The lowest BCUT2D eigenvalue weighted by molar-refractivity contribution is 0.410. The second kappa shape index (κ2) is 3.50. The highest BCUT2D eigenvalue weighted by Gasteiger charge is 2.01. The molecule has 1 rings (SSSR count). The monoisotopic (exact) mass is 171 g/mol. The van der Waals surface area contributed by atoms with Crippen LogP contribution in [0.1, 0.15) is 0 Å². The molecule has 0 spiro atoms. The third kappa shape index (κ3) is 2.03. The number of aromatic hydroxyl groups is 1. The number of hydrogen-bond acceptors (Lipinski definition) is 3. The predicted molar refractivity (Wildman–Crippen MR) is 41.7 cm³/mol. The summed E-state index contributed by atoms with van der Waals surface area (Å²) in [7, 11) is 0.489. The normalized spacial score (nSPS) is 9.27. The fourth-order valence-electron chi connectivity index (χ4n) is 0.647. The number of benzene rings is 1. The molecule has 0 atom stereocenters. The molecule has 0 aliphatic heterocycles. The summed E-state index contributed by atoms with van der Waals surface area (Å²) in [5.74, 6) is 0.0553. The van der Waals surface area contributed by atoms with Gasteiger partial charge in [-0.15, -0.1) is 0 Å². The molecule has 0 aromatic heterocycles. The van der Waals surface area contributed by atoms with Crippen LogP contribution in [0.4, 0.5) is 0 Å². The highest BCUT2D eigenvalue weighted by molar-refractivity contribution is 6.30. The van der Waals surface area contributed by atoms with Gasteiger partial charge in [0, 0.05) is 11.1 Å². The van der Waals surface area contributed by atoms with Crippen molar-refractivity contribution >= 4 is 19.3 Å². The van der Waals surface area contributed by atoms with Crippen molar-refractivity contribution in [2.24, 2.45) is 0 Å². The minimum absolute atomic E-state index is 0.109. The Morgan fingerprint density at radius 2 is 2.18 bits per heavy atom. The van der Waals surface area contributed by atoms with Crippen LogP contribution in [-0.2, 0) is 0 Å². The van der Waals surface area contributed by atoms with Gasteiger partial charge in [0.25, 0.3) is 0 Å². The van der Waals surface area contributed by atoms with Gasteiger partial charge in [-0.2, -0.15) is 0 Å². The molecule has 11 heavy (non-hydrogen) atoms. The van der Waals surface area contributed by atoms with E-state index in [1.807, 2.05) is 0 Å². The molecule has 0 aliphatic carbocycles. The van der Waals surface area contributed by atoms with Crippen LogP contribution < -0.4 is 4.65 Å². The Labute approximate surface area is 69.5 Å². The number of halogens is 1. The third-order valence-corrected chi connectivity index (χ3v) is 1.34. The maximum Gasteiger partial charge on any atom is 0.569 e. The summed E-state index contributed by atoms with van der Waals surface area (Å²) in [6.07, 6.45) is 0. The summed E-state index contributed by atoms with van der Waals surface area (Å²) in [6.45, 7) is 0. The van der Waals surface area contributed by atoms with Crippen molar-refractivity contribution in [1.82, 2.24) is 0 Å². The SMILES string of the molecule is O[B]Oc1ccc(Cl)cc1O. The summed E-state index contributed by atoms with van der Waals surface area (Å²) >= 11 is 5.53.